The molecule has 1 aliphatic heterocycles. The minimum atomic E-state index is -3.39. The molecule has 2 heterocycles. The molecule has 0 radical (unpaired) electrons. The fourth-order valence-electron chi connectivity index (χ4n) is 2.00. The second-order valence-corrected chi connectivity index (χ2v) is 6.43. The van der Waals surface area contributed by atoms with Crippen molar-refractivity contribution in [2.75, 3.05) is 17.1 Å². The van der Waals surface area contributed by atoms with Gasteiger partial charge >= 0.3 is 0 Å². The van der Waals surface area contributed by atoms with Gasteiger partial charge in [-0.1, -0.05) is 0 Å². The molecular formula is C11H19N3O3S. The van der Waals surface area contributed by atoms with Gasteiger partial charge in [-0.3, -0.25) is 9.40 Å². The summed E-state index contributed by atoms with van der Waals surface area (Å²) < 4.78 is 33.5. The standard InChI is InChI=1S/C11H19N3O3S/c1-9-7-11(12-14(9)2)13-18(15,16)8-10-5-3-4-6-17-10/h7,10H,3-6,8H2,1-2H3,(H,12,13). The van der Waals surface area contributed by atoms with Crippen LogP contribution in [0.1, 0.15) is 25.0 Å². The summed E-state index contributed by atoms with van der Waals surface area (Å²) in [4.78, 5) is 0. The van der Waals surface area contributed by atoms with Crippen molar-refractivity contribution in [3.8, 4) is 0 Å². The average Bonchev–Trinajstić information content (AvgIpc) is 2.57. The van der Waals surface area contributed by atoms with Gasteiger partial charge in [-0.05, 0) is 26.2 Å². The summed E-state index contributed by atoms with van der Waals surface area (Å²) in [6, 6.07) is 1.71. The molecule has 0 saturated carbocycles. The van der Waals surface area contributed by atoms with Gasteiger partial charge in [0.1, 0.15) is 0 Å². The molecule has 7 heteroatoms. The highest BCUT2D eigenvalue weighted by molar-refractivity contribution is 7.92. The van der Waals surface area contributed by atoms with Crippen LogP contribution in [-0.4, -0.2) is 36.7 Å². The van der Waals surface area contributed by atoms with Crippen LogP contribution >= 0.6 is 0 Å². The molecule has 6 nitrogen and oxygen atoms in total. The zero-order valence-corrected chi connectivity index (χ0v) is 11.5. The van der Waals surface area contributed by atoms with E-state index in [9.17, 15) is 8.42 Å². The van der Waals surface area contributed by atoms with Crippen LogP contribution in [0.25, 0.3) is 0 Å². The van der Waals surface area contributed by atoms with E-state index in [-0.39, 0.29) is 11.9 Å². The van der Waals surface area contributed by atoms with E-state index in [2.05, 4.69) is 9.82 Å². The molecule has 0 amide bonds. The molecule has 2 rings (SSSR count). The zero-order chi connectivity index (χ0) is 13.2. The maximum absolute atomic E-state index is 11.9. The molecule has 1 N–H and O–H groups in total. The first-order valence-corrected chi connectivity index (χ1v) is 7.74. The maximum Gasteiger partial charge on any atom is 0.236 e. The van der Waals surface area contributed by atoms with Crippen LogP contribution in [0, 0.1) is 6.92 Å². The Morgan fingerprint density at radius 1 is 1.56 bits per heavy atom. The first-order chi connectivity index (χ1) is 8.46. The molecule has 0 aliphatic carbocycles. The molecule has 1 aliphatic rings. The minimum absolute atomic E-state index is 0.00260. The smallest absolute Gasteiger partial charge is 0.236 e. The van der Waals surface area contributed by atoms with Crippen molar-refractivity contribution in [2.24, 2.45) is 7.05 Å². The van der Waals surface area contributed by atoms with Crippen LogP contribution in [0.15, 0.2) is 6.07 Å². The lowest BCUT2D eigenvalue weighted by atomic mass is 10.1. The van der Waals surface area contributed by atoms with E-state index >= 15 is 0 Å². The minimum Gasteiger partial charge on any atom is -0.377 e. The molecule has 1 aromatic heterocycles. The van der Waals surface area contributed by atoms with Gasteiger partial charge < -0.3 is 4.74 Å². The monoisotopic (exact) mass is 273 g/mol. The average molecular weight is 273 g/mol. The molecule has 1 unspecified atom stereocenters. The topological polar surface area (TPSA) is 73.2 Å². The molecular weight excluding hydrogens is 254 g/mol. The lowest BCUT2D eigenvalue weighted by Crippen LogP contribution is -2.31. The molecule has 1 fully saturated rings. The van der Waals surface area contributed by atoms with Crippen molar-refractivity contribution >= 4 is 15.8 Å². The van der Waals surface area contributed by atoms with Crippen LogP contribution < -0.4 is 4.72 Å². The van der Waals surface area contributed by atoms with Crippen LogP contribution in [0.2, 0.25) is 0 Å². The van der Waals surface area contributed by atoms with Gasteiger partial charge in [0, 0.05) is 25.4 Å². The predicted octanol–water partition coefficient (Wildman–Crippen LogP) is 1.04. The Bertz CT molecular complexity index is 484. The molecule has 0 aromatic carbocycles. The van der Waals surface area contributed by atoms with Gasteiger partial charge in [0.05, 0.1) is 11.9 Å². The number of sulfonamides is 1. The number of nitrogens with one attached hydrogen (secondary N) is 1. The van der Waals surface area contributed by atoms with Crippen molar-refractivity contribution < 1.29 is 13.2 Å². The highest BCUT2D eigenvalue weighted by Crippen LogP contribution is 2.16. The number of anilines is 1. The van der Waals surface area contributed by atoms with E-state index in [0.717, 1.165) is 25.0 Å². The summed E-state index contributed by atoms with van der Waals surface area (Å²) in [5, 5.41) is 4.07. The van der Waals surface area contributed by atoms with Crippen LogP contribution in [0.3, 0.4) is 0 Å². The Morgan fingerprint density at radius 3 is 2.89 bits per heavy atom. The summed E-state index contributed by atoms with van der Waals surface area (Å²) >= 11 is 0. The van der Waals surface area contributed by atoms with Crippen molar-refractivity contribution in [1.29, 1.82) is 0 Å². The van der Waals surface area contributed by atoms with E-state index in [1.165, 1.54) is 0 Å². The maximum atomic E-state index is 11.9. The lowest BCUT2D eigenvalue weighted by Gasteiger charge is -2.22. The summed E-state index contributed by atoms with van der Waals surface area (Å²) in [6.45, 7) is 2.53. The van der Waals surface area contributed by atoms with E-state index in [4.69, 9.17) is 4.74 Å². The highest BCUT2D eigenvalue weighted by atomic mass is 32.2. The van der Waals surface area contributed by atoms with Crippen LogP contribution in [-0.2, 0) is 21.8 Å². The van der Waals surface area contributed by atoms with Gasteiger partial charge in [-0.2, -0.15) is 5.10 Å². The first-order valence-electron chi connectivity index (χ1n) is 6.09. The Morgan fingerprint density at radius 2 is 2.33 bits per heavy atom. The van der Waals surface area contributed by atoms with Crippen molar-refractivity contribution in [3.05, 3.63) is 11.8 Å². The number of aromatic nitrogens is 2. The molecule has 1 atom stereocenters. The lowest BCUT2D eigenvalue weighted by molar-refractivity contribution is 0.0306. The van der Waals surface area contributed by atoms with Crippen LogP contribution in [0.4, 0.5) is 5.82 Å². The van der Waals surface area contributed by atoms with Crippen molar-refractivity contribution in [1.82, 2.24) is 9.78 Å². The summed E-state index contributed by atoms with van der Waals surface area (Å²) in [5.41, 5.74) is 0.904. The molecule has 1 saturated heterocycles. The van der Waals surface area contributed by atoms with E-state index in [1.807, 2.05) is 6.92 Å². The highest BCUT2D eigenvalue weighted by Gasteiger charge is 2.22. The first kappa shape index (κ1) is 13.4. The van der Waals surface area contributed by atoms with E-state index in [1.54, 1.807) is 17.8 Å². The molecule has 0 spiro atoms. The van der Waals surface area contributed by atoms with E-state index in [0.29, 0.717) is 12.4 Å². The van der Waals surface area contributed by atoms with Gasteiger partial charge in [0.25, 0.3) is 0 Å². The number of rotatable bonds is 4. The normalized spacial score (nSPS) is 20.9. The number of hydrogen-bond acceptors (Lipinski definition) is 4. The Balaban J connectivity index is 1.98. The zero-order valence-electron chi connectivity index (χ0n) is 10.7. The largest absolute Gasteiger partial charge is 0.377 e. The fourth-order valence-corrected chi connectivity index (χ4v) is 3.25. The third-order valence-electron chi connectivity index (χ3n) is 3.05. The molecule has 1 aromatic rings. The van der Waals surface area contributed by atoms with Gasteiger partial charge in [0.2, 0.25) is 10.0 Å². The van der Waals surface area contributed by atoms with Gasteiger partial charge in [0.15, 0.2) is 5.82 Å². The number of nitrogens with zero attached hydrogens (tertiary/aromatic N) is 2. The molecule has 0 bridgehead atoms. The second kappa shape index (κ2) is 5.27. The Kier molecular flexibility index (Phi) is 3.91. The third-order valence-corrected chi connectivity index (χ3v) is 4.38. The fraction of sp³-hybridized carbons (Fsp3) is 0.727. The number of aryl methyl sites for hydroxylation is 2. The molecule has 18 heavy (non-hydrogen) atoms. The quantitative estimate of drug-likeness (QED) is 0.889. The summed E-state index contributed by atoms with van der Waals surface area (Å²) in [6.07, 6.45) is 2.66. The number of ether oxygens (including phenoxy) is 1. The van der Waals surface area contributed by atoms with Gasteiger partial charge in [-0.15, -0.1) is 0 Å². The van der Waals surface area contributed by atoms with Crippen LogP contribution in [0.5, 0.6) is 0 Å². The third kappa shape index (κ3) is 3.46. The molecule has 102 valence electrons. The van der Waals surface area contributed by atoms with Gasteiger partial charge in [-0.25, -0.2) is 8.42 Å². The Hall–Kier alpha value is -1.08. The van der Waals surface area contributed by atoms with Crippen molar-refractivity contribution in [3.63, 3.8) is 0 Å². The van der Waals surface area contributed by atoms with Crippen molar-refractivity contribution in [2.45, 2.75) is 32.3 Å². The second-order valence-electron chi connectivity index (χ2n) is 4.67. The summed E-state index contributed by atoms with van der Waals surface area (Å²) in [5.74, 6) is 0.369. The summed E-state index contributed by atoms with van der Waals surface area (Å²) in [7, 11) is -1.61. The predicted molar refractivity (Wildman–Crippen MR) is 68.9 cm³/mol. The van der Waals surface area contributed by atoms with E-state index < -0.39 is 10.0 Å². The number of hydrogen-bond donors (Lipinski definition) is 1. The Labute approximate surface area is 107 Å². The SMILES string of the molecule is Cc1cc(NS(=O)(=O)CC2CCCCO2)nn1C.